The van der Waals surface area contributed by atoms with E-state index < -0.39 is 0 Å². The van der Waals surface area contributed by atoms with E-state index in [1.54, 1.807) is 7.11 Å². The fraction of sp³-hybridized carbons (Fsp3) is 0.667. The van der Waals surface area contributed by atoms with Crippen LogP contribution in [0.2, 0.25) is 4.34 Å². The number of thiophene rings is 1. The van der Waals surface area contributed by atoms with Crippen LogP contribution in [0.4, 0.5) is 0 Å². The van der Waals surface area contributed by atoms with Crippen molar-refractivity contribution in [2.75, 3.05) is 33.4 Å². The van der Waals surface area contributed by atoms with Gasteiger partial charge >= 0.3 is 0 Å². The van der Waals surface area contributed by atoms with Crippen molar-refractivity contribution in [3.8, 4) is 0 Å². The van der Waals surface area contributed by atoms with Crippen LogP contribution in [0.15, 0.2) is 12.1 Å². The lowest BCUT2D eigenvalue weighted by Crippen LogP contribution is -2.47. The SMILES string of the molecule is COCC1(CNC(=O)C(C)c2ccc(Cl)s2)CCNCC1.Cl. The molecular weight excluding hydrogens is 343 g/mol. The lowest BCUT2D eigenvalue weighted by Gasteiger charge is -2.37. The number of nitrogens with one attached hydrogen (secondary N) is 2. The molecule has 4 nitrogen and oxygen atoms in total. The second-order valence-corrected chi connectivity index (χ2v) is 7.51. The van der Waals surface area contributed by atoms with E-state index in [2.05, 4.69) is 10.6 Å². The summed E-state index contributed by atoms with van der Waals surface area (Å²) in [6.45, 7) is 5.24. The van der Waals surface area contributed by atoms with Crippen LogP contribution in [0.3, 0.4) is 0 Å². The molecule has 1 aromatic rings. The molecule has 2 rings (SSSR count). The number of halogens is 2. The molecule has 1 aliphatic heterocycles. The summed E-state index contributed by atoms with van der Waals surface area (Å²) >= 11 is 7.40. The maximum absolute atomic E-state index is 12.3. The summed E-state index contributed by atoms with van der Waals surface area (Å²) < 4.78 is 6.09. The first-order chi connectivity index (χ1) is 10.1. The van der Waals surface area contributed by atoms with Gasteiger partial charge in [-0.25, -0.2) is 0 Å². The zero-order valence-corrected chi connectivity index (χ0v) is 15.4. The molecule has 1 unspecified atom stereocenters. The predicted molar refractivity (Wildman–Crippen MR) is 94.4 cm³/mol. The molecule has 0 aliphatic carbocycles. The molecule has 22 heavy (non-hydrogen) atoms. The molecule has 1 aliphatic rings. The Morgan fingerprint density at radius 2 is 2.18 bits per heavy atom. The van der Waals surface area contributed by atoms with Gasteiger partial charge in [0.2, 0.25) is 5.91 Å². The highest BCUT2D eigenvalue weighted by atomic mass is 35.5. The van der Waals surface area contributed by atoms with Crippen molar-refractivity contribution in [2.24, 2.45) is 5.41 Å². The average Bonchev–Trinajstić information content (AvgIpc) is 2.92. The molecule has 0 saturated carbocycles. The van der Waals surface area contributed by atoms with Crippen molar-refractivity contribution in [3.63, 3.8) is 0 Å². The zero-order chi connectivity index (χ0) is 15.3. The quantitative estimate of drug-likeness (QED) is 0.813. The Hall–Kier alpha value is -0.330. The summed E-state index contributed by atoms with van der Waals surface area (Å²) in [7, 11) is 1.72. The second kappa shape index (κ2) is 9.08. The molecule has 0 spiro atoms. The van der Waals surface area contributed by atoms with Gasteiger partial charge in [-0.05, 0) is 45.0 Å². The number of amides is 1. The average molecular weight is 367 g/mol. The monoisotopic (exact) mass is 366 g/mol. The van der Waals surface area contributed by atoms with Gasteiger partial charge in [-0.15, -0.1) is 23.7 Å². The number of carbonyl (C=O) groups excluding carboxylic acids is 1. The van der Waals surface area contributed by atoms with E-state index in [0.717, 1.165) is 35.1 Å². The number of ether oxygens (including phenoxy) is 1. The number of methoxy groups -OCH3 is 1. The lowest BCUT2D eigenvalue weighted by atomic mass is 9.79. The standard InChI is InChI=1S/C15H23ClN2O2S.ClH/c1-11(12-3-4-13(16)21-12)14(19)18-9-15(10-20-2)5-7-17-8-6-15;/h3-4,11,17H,5-10H2,1-2H3,(H,18,19);1H. The van der Waals surface area contributed by atoms with Crippen molar-refractivity contribution in [1.29, 1.82) is 0 Å². The first kappa shape index (κ1) is 19.7. The van der Waals surface area contributed by atoms with Crippen LogP contribution < -0.4 is 10.6 Å². The summed E-state index contributed by atoms with van der Waals surface area (Å²) in [5.41, 5.74) is 0.0580. The number of rotatable bonds is 6. The van der Waals surface area contributed by atoms with Crippen molar-refractivity contribution in [1.82, 2.24) is 10.6 Å². The fourth-order valence-electron chi connectivity index (χ4n) is 2.75. The largest absolute Gasteiger partial charge is 0.384 e. The first-order valence-corrected chi connectivity index (χ1v) is 8.48. The number of hydrogen-bond donors (Lipinski definition) is 2. The van der Waals surface area contributed by atoms with Crippen LogP contribution in [0, 0.1) is 5.41 Å². The Labute approximate surface area is 147 Å². The number of carbonyl (C=O) groups is 1. The van der Waals surface area contributed by atoms with E-state index in [1.165, 1.54) is 11.3 Å². The number of piperidine rings is 1. The van der Waals surface area contributed by atoms with Crippen molar-refractivity contribution in [2.45, 2.75) is 25.7 Å². The van der Waals surface area contributed by atoms with Crippen LogP contribution in [0.5, 0.6) is 0 Å². The molecule has 1 aromatic heterocycles. The van der Waals surface area contributed by atoms with Crippen molar-refractivity contribution < 1.29 is 9.53 Å². The smallest absolute Gasteiger partial charge is 0.228 e. The maximum Gasteiger partial charge on any atom is 0.228 e. The Kier molecular flexibility index (Phi) is 8.14. The molecular formula is C15H24Cl2N2O2S. The summed E-state index contributed by atoms with van der Waals surface area (Å²) in [5.74, 6) is -0.105. The summed E-state index contributed by atoms with van der Waals surface area (Å²) in [6.07, 6.45) is 2.06. The Morgan fingerprint density at radius 1 is 1.50 bits per heavy atom. The minimum Gasteiger partial charge on any atom is -0.384 e. The minimum absolute atomic E-state index is 0. The fourth-order valence-corrected chi connectivity index (χ4v) is 3.86. The van der Waals surface area contributed by atoms with Crippen LogP contribution in [-0.4, -0.2) is 39.3 Å². The summed E-state index contributed by atoms with van der Waals surface area (Å²) in [5, 5.41) is 6.46. The van der Waals surface area contributed by atoms with Gasteiger partial charge in [0.15, 0.2) is 0 Å². The van der Waals surface area contributed by atoms with E-state index in [4.69, 9.17) is 16.3 Å². The molecule has 1 amide bonds. The highest BCUT2D eigenvalue weighted by Crippen LogP contribution is 2.30. The zero-order valence-electron chi connectivity index (χ0n) is 13.0. The normalized spacial score (nSPS) is 18.3. The molecule has 1 fully saturated rings. The molecule has 0 radical (unpaired) electrons. The molecule has 0 aromatic carbocycles. The van der Waals surface area contributed by atoms with E-state index in [9.17, 15) is 4.79 Å². The third kappa shape index (κ3) is 5.10. The highest BCUT2D eigenvalue weighted by Gasteiger charge is 2.33. The predicted octanol–water partition coefficient (Wildman–Crippen LogP) is 3.06. The van der Waals surface area contributed by atoms with Crippen LogP contribution in [0.1, 0.15) is 30.6 Å². The van der Waals surface area contributed by atoms with Gasteiger partial charge in [0, 0.05) is 23.9 Å². The first-order valence-electron chi connectivity index (χ1n) is 7.29. The molecule has 2 heterocycles. The van der Waals surface area contributed by atoms with E-state index in [1.807, 2.05) is 19.1 Å². The molecule has 1 saturated heterocycles. The van der Waals surface area contributed by atoms with Crippen LogP contribution in [0.25, 0.3) is 0 Å². The molecule has 126 valence electrons. The van der Waals surface area contributed by atoms with E-state index in [-0.39, 0.29) is 29.6 Å². The van der Waals surface area contributed by atoms with E-state index >= 15 is 0 Å². The molecule has 7 heteroatoms. The van der Waals surface area contributed by atoms with Crippen LogP contribution in [-0.2, 0) is 9.53 Å². The van der Waals surface area contributed by atoms with Gasteiger partial charge < -0.3 is 15.4 Å². The maximum atomic E-state index is 12.3. The summed E-state index contributed by atoms with van der Waals surface area (Å²) in [4.78, 5) is 13.3. The van der Waals surface area contributed by atoms with Crippen molar-refractivity contribution in [3.05, 3.63) is 21.3 Å². The van der Waals surface area contributed by atoms with E-state index in [0.29, 0.717) is 13.2 Å². The minimum atomic E-state index is -0.163. The lowest BCUT2D eigenvalue weighted by molar-refractivity contribution is -0.123. The summed E-state index contributed by atoms with van der Waals surface area (Å²) in [6, 6.07) is 3.76. The second-order valence-electron chi connectivity index (χ2n) is 5.76. The Morgan fingerprint density at radius 3 is 2.73 bits per heavy atom. The van der Waals surface area contributed by atoms with Crippen LogP contribution >= 0.6 is 35.3 Å². The topological polar surface area (TPSA) is 50.4 Å². The van der Waals surface area contributed by atoms with Gasteiger partial charge in [-0.2, -0.15) is 0 Å². The molecule has 1 atom stereocenters. The Balaban J connectivity index is 0.00000242. The van der Waals surface area contributed by atoms with Gasteiger partial charge in [0.25, 0.3) is 0 Å². The number of hydrogen-bond acceptors (Lipinski definition) is 4. The third-order valence-electron chi connectivity index (χ3n) is 4.17. The Bertz CT molecular complexity index is 470. The molecule has 2 N–H and O–H groups in total. The van der Waals surface area contributed by atoms with Gasteiger partial charge in [0.1, 0.15) is 0 Å². The third-order valence-corrected chi connectivity index (χ3v) is 5.58. The highest BCUT2D eigenvalue weighted by molar-refractivity contribution is 7.16. The van der Waals surface area contributed by atoms with Gasteiger partial charge in [-0.3, -0.25) is 4.79 Å². The molecule has 0 bridgehead atoms. The van der Waals surface area contributed by atoms with Gasteiger partial charge in [0.05, 0.1) is 16.9 Å². The van der Waals surface area contributed by atoms with Crippen molar-refractivity contribution >= 4 is 41.3 Å². The van der Waals surface area contributed by atoms with Gasteiger partial charge in [-0.1, -0.05) is 11.6 Å².